The number of ether oxygens (including phenoxy) is 1. The molecule has 0 saturated heterocycles. The molecule has 0 aromatic heterocycles. The first-order valence-electron chi connectivity index (χ1n) is 6.83. The zero-order valence-corrected chi connectivity index (χ0v) is 13.9. The van der Waals surface area contributed by atoms with E-state index in [-0.39, 0.29) is 6.61 Å². The minimum Gasteiger partial charge on any atom is -0.485 e. The van der Waals surface area contributed by atoms with E-state index < -0.39 is 18.4 Å². The Hall–Kier alpha value is -2.44. The number of halogens is 2. The van der Waals surface area contributed by atoms with Crippen molar-refractivity contribution < 1.29 is 19.4 Å². The Bertz CT molecular complexity index is 740. The van der Waals surface area contributed by atoms with E-state index in [1.807, 2.05) is 0 Å². The normalized spacial score (nSPS) is 10.2. The number of nitrogens with one attached hydrogen (secondary N) is 1. The summed E-state index contributed by atoms with van der Waals surface area (Å²) in [7, 11) is 0. The van der Waals surface area contributed by atoms with Gasteiger partial charge in [-0.1, -0.05) is 35.3 Å². The van der Waals surface area contributed by atoms with Crippen LogP contribution in [0, 0.1) is 0 Å². The van der Waals surface area contributed by atoms with Crippen molar-refractivity contribution in [2.75, 3.05) is 12.3 Å². The molecule has 0 fully saturated rings. The number of aliphatic carboxylic acids is 1. The third-order valence-electron chi connectivity index (χ3n) is 3.04. The van der Waals surface area contributed by atoms with Gasteiger partial charge in [0.15, 0.2) is 5.75 Å². The molecule has 6 nitrogen and oxygen atoms in total. The van der Waals surface area contributed by atoms with Gasteiger partial charge in [0.05, 0.1) is 10.7 Å². The van der Waals surface area contributed by atoms with E-state index in [2.05, 4.69) is 5.32 Å². The van der Waals surface area contributed by atoms with Gasteiger partial charge in [0.1, 0.15) is 13.2 Å². The second-order valence-corrected chi connectivity index (χ2v) is 5.71. The van der Waals surface area contributed by atoms with E-state index >= 15 is 0 Å². The van der Waals surface area contributed by atoms with Crippen LogP contribution in [-0.2, 0) is 11.4 Å². The van der Waals surface area contributed by atoms with Crippen LogP contribution >= 0.6 is 23.2 Å². The van der Waals surface area contributed by atoms with Crippen LogP contribution < -0.4 is 15.8 Å². The SMILES string of the molecule is Nc1cc(Cl)cc(Cl)c1OCc1ccc(C(=O)NCC(=O)O)cc1. The molecule has 0 bridgehead atoms. The maximum atomic E-state index is 11.7. The summed E-state index contributed by atoms with van der Waals surface area (Å²) in [6.45, 7) is -0.236. The molecule has 126 valence electrons. The Morgan fingerprint density at radius 3 is 2.42 bits per heavy atom. The number of carbonyl (C=O) groups excluding carboxylic acids is 1. The number of nitrogen functional groups attached to an aromatic ring is 1. The Morgan fingerprint density at radius 2 is 1.83 bits per heavy atom. The fraction of sp³-hybridized carbons (Fsp3) is 0.125. The van der Waals surface area contributed by atoms with Crippen LogP contribution in [0.2, 0.25) is 10.0 Å². The summed E-state index contributed by atoms with van der Waals surface area (Å²) in [5.74, 6) is -1.23. The Labute approximate surface area is 148 Å². The second kappa shape index (κ2) is 7.90. The maximum Gasteiger partial charge on any atom is 0.322 e. The van der Waals surface area contributed by atoms with E-state index in [9.17, 15) is 9.59 Å². The van der Waals surface area contributed by atoms with Crippen molar-refractivity contribution in [3.63, 3.8) is 0 Å². The Kier molecular flexibility index (Phi) is 5.89. The van der Waals surface area contributed by atoms with Crippen LogP contribution in [0.15, 0.2) is 36.4 Å². The van der Waals surface area contributed by atoms with Crippen molar-refractivity contribution in [3.8, 4) is 5.75 Å². The fourth-order valence-electron chi connectivity index (χ4n) is 1.90. The summed E-state index contributed by atoms with van der Waals surface area (Å²) in [5, 5.41) is 11.5. The van der Waals surface area contributed by atoms with Crippen LogP contribution in [0.3, 0.4) is 0 Å². The molecule has 0 spiro atoms. The summed E-state index contributed by atoms with van der Waals surface area (Å²) >= 11 is 11.9. The van der Waals surface area contributed by atoms with Crippen LogP contribution in [0.5, 0.6) is 5.75 Å². The largest absolute Gasteiger partial charge is 0.485 e. The van der Waals surface area contributed by atoms with Gasteiger partial charge in [0, 0.05) is 10.6 Å². The van der Waals surface area contributed by atoms with Gasteiger partial charge in [-0.2, -0.15) is 0 Å². The van der Waals surface area contributed by atoms with E-state index in [4.69, 9.17) is 38.8 Å². The van der Waals surface area contributed by atoms with Gasteiger partial charge in [-0.25, -0.2) is 0 Å². The molecule has 0 aliphatic heterocycles. The van der Waals surface area contributed by atoms with E-state index in [1.165, 1.54) is 6.07 Å². The topological polar surface area (TPSA) is 102 Å². The number of rotatable bonds is 6. The zero-order chi connectivity index (χ0) is 17.7. The minimum atomic E-state index is -1.11. The van der Waals surface area contributed by atoms with E-state index in [1.54, 1.807) is 30.3 Å². The molecule has 8 heteroatoms. The van der Waals surface area contributed by atoms with Gasteiger partial charge < -0.3 is 20.9 Å². The number of hydrogen-bond acceptors (Lipinski definition) is 4. The third-order valence-corrected chi connectivity index (χ3v) is 3.54. The van der Waals surface area contributed by atoms with Gasteiger partial charge in [-0.05, 0) is 29.8 Å². The molecule has 0 aliphatic rings. The molecule has 1 amide bonds. The lowest BCUT2D eigenvalue weighted by Gasteiger charge is -2.11. The van der Waals surface area contributed by atoms with Crippen molar-refractivity contribution >= 4 is 40.8 Å². The predicted octanol–water partition coefficient (Wildman–Crippen LogP) is 2.97. The maximum absolute atomic E-state index is 11.7. The summed E-state index contributed by atoms with van der Waals surface area (Å²) in [5.41, 5.74) is 7.28. The lowest BCUT2D eigenvalue weighted by Crippen LogP contribution is -2.29. The highest BCUT2D eigenvalue weighted by Crippen LogP contribution is 2.34. The van der Waals surface area contributed by atoms with Gasteiger partial charge >= 0.3 is 5.97 Å². The number of carboxylic acids is 1. The minimum absolute atomic E-state index is 0.197. The molecule has 0 saturated carbocycles. The summed E-state index contributed by atoms with van der Waals surface area (Å²) in [6.07, 6.45) is 0. The molecule has 2 aromatic carbocycles. The number of nitrogens with two attached hydrogens (primary N) is 1. The van der Waals surface area contributed by atoms with Crippen LogP contribution in [0.4, 0.5) is 5.69 Å². The molecule has 0 radical (unpaired) electrons. The first kappa shape index (κ1) is 17.9. The Morgan fingerprint density at radius 1 is 1.17 bits per heavy atom. The van der Waals surface area contributed by atoms with Crippen molar-refractivity contribution in [2.45, 2.75) is 6.61 Å². The molecule has 0 atom stereocenters. The molecule has 2 rings (SSSR count). The van der Waals surface area contributed by atoms with Crippen molar-refractivity contribution in [3.05, 3.63) is 57.6 Å². The molecule has 0 heterocycles. The second-order valence-electron chi connectivity index (χ2n) is 4.87. The summed E-state index contributed by atoms with van der Waals surface area (Å²) in [6, 6.07) is 9.60. The lowest BCUT2D eigenvalue weighted by molar-refractivity contribution is -0.135. The third kappa shape index (κ3) is 4.78. The molecule has 24 heavy (non-hydrogen) atoms. The lowest BCUT2D eigenvalue weighted by atomic mass is 10.1. The number of hydrogen-bond donors (Lipinski definition) is 3. The zero-order valence-electron chi connectivity index (χ0n) is 12.4. The first-order chi connectivity index (χ1) is 11.4. The number of anilines is 1. The van der Waals surface area contributed by atoms with Crippen LogP contribution in [0.25, 0.3) is 0 Å². The standard InChI is InChI=1S/C16H14Cl2N2O4/c17-11-5-12(18)15(13(19)6-11)24-8-9-1-3-10(4-2-9)16(23)20-7-14(21)22/h1-6H,7-8,19H2,(H,20,23)(H,21,22). The molecule has 0 aliphatic carbocycles. The quantitative estimate of drug-likeness (QED) is 0.680. The van der Waals surface area contributed by atoms with Crippen molar-refractivity contribution in [1.29, 1.82) is 0 Å². The van der Waals surface area contributed by atoms with Gasteiger partial charge in [-0.3, -0.25) is 9.59 Å². The summed E-state index contributed by atoms with van der Waals surface area (Å²) in [4.78, 5) is 22.1. The molecule has 4 N–H and O–H groups in total. The average molecular weight is 369 g/mol. The Balaban J connectivity index is 2.00. The first-order valence-corrected chi connectivity index (χ1v) is 7.58. The fourth-order valence-corrected chi connectivity index (χ4v) is 2.46. The van der Waals surface area contributed by atoms with Crippen molar-refractivity contribution in [1.82, 2.24) is 5.32 Å². The summed E-state index contributed by atoms with van der Waals surface area (Å²) < 4.78 is 5.59. The predicted molar refractivity (Wildman–Crippen MR) is 91.6 cm³/mol. The van der Waals surface area contributed by atoms with Gasteiger partial charge in [0.25, 0.3) is 5.91 Å². The number of benzene rings is 2. The van der Waals surface area contributed by atoms with Crippen LogP contribution in [0.1, 0.15) is 15.9 Å². The number of carboxylic acid groups (broad SMARTS) is 1. The highest BCUT2D eigenvalue weighted by atomic mass is 35.5. The average Bonchev–Trinajstić information content (AvgIpc) is 2.52. The van der Waals surface area contributed by atoms with E-state index in [0.717, 1.165) is 5.56 Å². The number of amides is 1. The smallest absolute Gasteiger partial charge is 0.322 e. The van der Waals surface area contributed by atoms with Gasteiger partial charge in [0.2, 0.25) is 0 Å². The number of carbonyl (C=O) groups is 2. The molecule has 0 unspecified atom stereocenters. The van der Waals surface area contributed by atoms with Gasteiger partial charge in [-0.15, -0.1) is 0 Å². The highest BCUT2D eigenvalue weighted by Gasteiger charge is 2.10. The molecular formula is C16H14Cl2N2O4. The monoisotopic (exact) mass is 368 g/mol. The van der Waals surface area contributed by atoms with Crippen LogP contribution in [-0.4, -0.2) is 23.5 Å². The molecular weight excluding hydrogens is 355 g/mol. The highest BCUT2D eigenvalue weighted by molar-refractivity contribution is 6.36. The molecule has 2 aromatic rings. The van der Waals surface area contributed by atoms with E-state index in [0.29, 0.717) is 27.0 Å². The van der Waals surface area contributed by atoms with Crippen molar-refractivity contribution in [2.24, 2.45) is 0 Å².